The summed E-state index contributed by atoms with van der Waals surface area (Å²) in [5.41, 5.74) is 0.562. The molecule has 0 aliphatic carbocycles. The van der Waals surface area contributed by atoms with Gasteiger partial charge in [-0.15, -0.1) is 8.78 Å². The molecule has 39 heavy (non-hydrogen) atoms. The van der Waals surface area contributed by atoms with Crippen molar-refractivity contribution in [1.82, 2.24) is 5.32 Å². The van der Waals surface area contributed by atoms with Gasteiger partial charge in [0.2, 0.25) is 5.91 Å². The lowest BCUT2D eigenvalue weighted by Crippen LogP contribution is -2.43. The summed E-state index contributed by atoms with van der Waals surface area (Å²) >= 11 is 5.72. The molecule has 0 bridgehead atoms. The van der Waals surface area contributed by atoms with Gasteiger partial charge in [0.15, 0.2) is 11.5 Å². The summed E-state index contributed by atoms with van der Waals surface area (Å²) in [6.45, 7) is 3.22. The van der Waals surface area contributed by atoms with Crippen molar-refractivity contribution >= 4 is 47.4 Å². The summed E-state index contributed by atoms with van der Waals surface area (Å²) in [5, 5.41) is 5.41. The lowest BCUT2D eigenvalue weighted by atomic mass is 10.0. The molecule has 1 atom stereocenters. The van der Waals surface area contributed by atoms with Crippen LogP contribution in [0.3, 0.4) is 0 Å². The van der Waals surface area contributed by atoms with E-state index in [0.717, 1.165) is 6.07 Å². The van der Waals surface area contributed by atoms with Gasteiger partial charge in [0.1, 0.15) is 19.0 Å². The Morgan fingerprint density at radius 2 is 1.79 bits per heavy atom. The number of nitrogens with zero attached hydrogens (tertiary/aromatic N) is 1. The molecule has 0 radical (unpaired) electrons. The molecule has 0 saturated carbocycles. The predicted molar refractivity (Wildman–Crippen MR) is 141 cm³/mol. The number of alkyl halides is 2. The zero-order valence-corrected chi connectivity index (χ0v) is 22.3. The van der Waals surface area contributed by atoms with Crippen LogP contribution in [-0.4, -0.2) is 44.1 Å². The van der Waals surface area contributed by atoms with E-state index in [1.54, 1.807) is 37.6 Å². The second-order valence-electron chi connectivity index (χ2n) is 9.38. The first kappa shape index (κ1) is 26.9. The number of carbonyl (C=O) groups is 2. The third kappa shape index (κ3) is 5.29. The Morgan fingerprint density at radius 3 is 2.51 bits per heavy atom. The van der Waals surface area contributed by atoms with Crippen LogP contribution in [0.5, 0.6) is 11.5 Å². The molecule has 0 aromatic heterocycles. The van der Waals surface area contributed by atoms with Crippen LogP contribution in [0, 0.1) is 5.82 Å². The molecule has 1 fully saturated rings. The summed E-state index contributed by atoms with van der Waals surface area (Å²) < 4.78 is 65.3. The monoisotopic (exact) mass is 579 g/mol. The second-order valence-corrected chi connectivity index (χ2v) is 13.0. The molecule has 5 rings (SSSR count). The number of amides is 3. The van der Waals surface area contributed by atoms with Crippen LogP contribution in [0.4, 0.5) is 29.3 Å². The number of hydrogen-bond donors (Lipinski definition) is 2. The van der Waals surface area contributed by atoms with E-state index >= 15 is 0 Å². The van der Waals surface area contributed by atoms with Crippen LogP contribution in [0.25, 0.3) is 11.1 Å². The Labute approximate surface area is 226 Å². The molecule has 2 aliphatic rings. The molecule has 8 nitrogen and oxygen atoms in total. The number of rotatable bonds is 5. The van der Waals surface area contributed by atoms with Gasteiger partial charge in [-0.25, -0.2) is 9.18 Å². The lowest BCUT2D eigenvalue weighted by Gasteiger charge is -2.20. The molecule has 13 heteroatoms. The SMILES string of the molecule is CP(C)(=O)c1ccccc1-c1ccc(N2CCC(NC(=O)Nc3ccc(Cl)cc3F)C2=O)c2c1OC(F)(F)O2. The number of anilines is 2. The van der Waals surface area contributed by atoms with Gasteiger partial charge in [-0.05, 0) is 55.6 Å². The molecule has 0 spiro atoms. The fourth-order valence-electron chi connectivity index (χ4n) is 4.57. The molecule has 2 aliphatic heterocycles. The van der Waals surface area contributed by atoms with Crippen molar-refractivity contribution in [3.8, 4) is 22.6 Å². The zero-order chi connectivity index (χ0) is 28.1. The van der Waals surface area contributed by atoms with Crippen LogP contribution in [-0.2, 0) is 9.36 Å². The minimum absolute atomic E-state index is 0.0260. The van der Waals surface area contributed by atoms with Gasteiger partial charge in [0.05, 0.1) is 11.4 Å². The Bertz CT molecular complexity index is 1550. The van der Waals surface area contributed by atoms with Crippen molar-refractivity contribution in [3.63, 3.8) is 0 Å². The summed E-state index contributed by atoms with van der Waals surface area (Å²) in [6, 6.07) is 11.5. The van der Waals surface area contributed by atoms with E-state index in [0.29, 0.717) is 10.9 Å². The van der Waals surface area contributed by atoms with Crippen molar-refractivity contribution in [2.45, 2.75) is 18.8 Å². The van der Waals surface area contributed by atoms with Gasteiger partial charge in [-0.2, -0.15) is 0 Å². The Morgan fingerprint density at radius 1 is 1.08 bits per heavy atom. The number of hydrogen-bond acceptors (Lipinski definition) is 5. The minimum Gasteiger partial charge on any atom is -0.395 e. The van der Waals surface area contributed by atoms with E-state index in [4.69, 9.17) is 21.1 Å². The molecule has 2 heterocycles. The standard InChI is InChI=1S/C26H22ClF3N3O5P/c1-39(2,36)21-6-4-3-5-15(21)16-8-10-20(23-22(16)37-26(29,30)38-23)33-12-11-19(24(33)34)32-25(35)31-18-9-7-14(27)13-17(18)28/h3-10,13,19H,11-12H2,1-2H3,(H2,31,32,35). The number of benzene rings is 3. The minimum atomic E-state index is -3.99. The fourth-order valence-corrected chi connectivity index (χ4v) is 5.95. The fraction of sp³-hybridized carbons (Fsp3) is 0.231. The van der Waals surface area contributed by atoms with E-state index in [9.17, 15) is 27.3 Å². The summed E-state index contributed by atoms with van der Waals surface area (Å²) in [7, 11) is -2.80. The summed E-state index contributed by atoms with van der Waals surface area (Å²) in [6.07, 6.45) is -3.84. The maximum Gasteiger partial charge on any atom is 0.586 e. The molecule has 2 N–H and O–H groups in total. The predicted octanol–water partition coefficient (Wildman–Crippen LogP) is 5.64. The topological polar surface area (TPSA) is 97.0 Å². The maximum atomic E-state index is 14.3. The zero-order valence-electron chi connectivity index (χ0n) is 20.6. The average Bonchev–Trinajstić information content (AvgIpc) is 3.37. The largest absolute Gasteiger partial charge is 0.586 e. The Balaban J connectivity index is 1.42. The van der Waals surface area contributed by atoms with Crippen LogP contribution in [0.15, 0.2) is 54.6 Å². The van der Waals surface area contributed by atoms with Crippen molar-refractivity contribution in [3.05, 3.63) is 65.4 Å². The Hall–Kier alpha value is -3.69. The van der Waals surface area contributed by atoms with E-state index in [1.807, 2.05) is 0 Å². The lowest BCUT2D eigenvalue weighted by molar-refractivity contribution is -0.286. The first-order valence-corrected chi connectivity index (χ1v) is 14.7. The van der Waals surface area contributed by atoms with Crippen molar-refractivity contribution < 1.29 is 36.8 Å². The van der Waals surface area contributed by atoms with Crippen molar-refractivity contribution in [1.29, 1.82) is 0 Å². The van der Waals surface area contributed by atoms with Gasteiger partial charge in [0.25, 0.3) is 0 Å². The number of carbonyl (C=O) groups excluding carboxylic acids is 2. The molecular weight excluding hydrogens is 558 g/mol. The number of fused-ring (bicyclic) bond motifs is 1. The van der Waals surface area contributed by atoms with Gasteiger partial charge < -0.3 is 29.6 Å². The average molecular weight is 580 g/mol. The van der Waals surface area contributed by atoms with E-state index < -0.39 is 37.2 Å². The van der Waals surface area contributed by atoms with Crippen molar-refractivity contribution in [2.75, 3.05) is 30.1 Å². The van der Waals surface area contributed by atoms with Crippen LogP contribution in [0.1, 0.15) is 6.42 Å². The molecule has 1 unspecified atom stereocenters. The quantitative estimate of drug-likeness (QED) is 0.381. The molecule has 1 saturated heterocycles. The maximum absolute atomic E-state index is 14.3. The first-order chi connectivity index (χ1) is 18.3. The van der Waals surface area contributed by atoms with Crippen LogP contribution < -0.4 is 30.3 Å². The first-order valence-electron chi connectivity index (χ1n) is 11.8. The molecule has 3 aromatic carbocycles. The highest BCUT2D eigenvalue weighted by Gasteiger charge is 2.48. The third-order valence-electron chi connectivity index (χ3n) is 6.29. The second kappa shape index (κ2) is 9.81. The normalized spacial score (nSPS) is 17.8. The molecule has 3 aromatic rings. The number of urea groups is 1. The van der Waals surface area contributed by atoms with Gasteiger partial charge in [0, 0.05) is 22.4 Å². The summed E-state index contributed by atoms with van der Waals surface area (Å²) in [4.78, 5) is 26.8. The summed E-state index contributed by atoms with van der Waals surface area (Å²) in [5.74, 6) is -1.98. The van der Waals surface area contributed by atoms with Crippen LogP contribution >= 0.6 is 18.7 Å². The highest BCUT2D eigenvalue weighted by atomic mass is 35.5. The molecular formula is C26H22ClF3N3O5P. The molecule has 204 valence electrons. The van der Waals surface area contributed by atoms with Gasteiger partial charge in [-0.3, -0.25) is 4.79 Å². The van der Waals surface area contributed by atoms with Crippen LogP contribution in [0.2, 0.25) is 5.02 Å². The highest BCUT2D eigenvalue weighted by Crippen LogP contribution is 2.53. The molecule has 3 amide bonds. The van der Waals surface area contributed by atoms with Crippen molar-refractivity contribution in [2.24, 2.45) is 0 Å². The van der Waals surface area contributed by atoms with Gasteiger partial charge >= 0.3 is 12.3 Å². The van der Waals surface area contributed by atoms with E-state index in [-0.39, 0.29) is 46.4 Å². The Kier molecular flexibility index (Phi) is 6.76. The number of nitrogens with one attached hydrogen (secondary N) is 2. The highest BCUT2D eigenvalue weighted by molar-refractivity contribution is 7.70. The van der Waals surface area contributed by atoms with E-state index in [1.165, 1.54) is 29.2 Å². The smallest absolute Gasteiger partial charge is 0.395 e. The number of halogens is 4. The third-order valence-corrected chi connectivity index (χ3v) is 8.07. The number of ether oxygens (including phenoxy) is 2. The van der Waals surface area contributed by atoms with E-state index in [2.05, 4.69) is 10.6 Å². The van der Waals surface area contributed by atoms with Gasteiger partial charge in [-0.1, -0.05) is 35.9 Å².